The van der Waals surface area contributed by atoms with E-state index in [0.717, 1.165) is 55.1 Å². The number of sulfonamides is 1. The van der Waals surface area contributed by atoms with Crippen LogP contribution in [0.25, 0.3) is 11.0 Å². The fourth-order valence-electron chi connectivity index (χ4n) is 3.71. The van der Waals surface area contributed by atoms with Gasteiger partial charge in [0.25, 0.3) is 0 Å². The molecule has 4 rings (SSSR count). The Morgan fingerprint density at radius 3 is 2.43 bits per heavy atom. The van der Waals surface area contributed by atoms with Crippen LogP contribution in [-0.2, 0) is 23.6 Å². The molecular formula is C19H24N6O2S. The Morgan fingerprint density at radius 2 is 1.79 bits per heavy atom. The number of primary sulfonamides is 1. The van der Waals surface area contributed by atoms with Gasteiger partial charge >= 0.3 is 0 Å². The number of anilines is 1. The van der Waals surface area contributed by atoms with Crippen LogP contribution in [0.15, 0.2) is 41.4 Å². The van der Waals surface area contributed by atoms with Crippen molar-refractivity contribution in [1.82, 2.24) is 19.7 Å². The summed E-state index contributed by atoms with van der Waals surface area (Å²) in [5, 5.41) is 10.7. The summed E-state index contributed by atoms with van der Waals surface area (Å²) in [7, 11) is -1.74. The predicted octanol–water partition coefficient (Wildman–Crippen LogP) is 1.25. The van der Waals surface area contributed by atoms with E-state index < -0.39 is 10.0 Å². The van der Waals surface area contributed by atoms with Crippen LogP contribution in [0.4, 0.5) is 5.69 Å². The Balaban J connectivity index is 1.40. The van der Waals surface area contributed by atoms with Gasteiger partial charge in [0.2, 0.25) is 10.0 Å². The second-order valence-corrected chi connectivity index (χ2v) is 8.79. The van der Waals surface area contributed by atoms with Crippen LogP contribution in [0.3, 0.4) is 0 Å². The van der Waals surface area contributed by atoms with Crippen LogP contribution >= 0.6 is 0 Å². The minimum Gasteiger partial charge on any atom is -0.369 e. The molecular weight excluding hydrogens is 376 g/mol. The van der Waals surface area contributed by atoms with Gasteiger partial charge < -0.3 is 4.90 Å². The van der Waals surface area contributed by atoms with Crippen molar-refractivity contribution in [1.29, 1.82) is 0 Å². The maximum atomic E-state index is 11.4. The van der Waals surface area contributed by atoms with E-state index in [1.54, 1.807) is 12.1 Å². The summed E-state index contributed by atoms with van der Waals surface area (Å²) in [4.78, 5) is 9.37. The molecule has 0 amide bonds. The standard InChI is InChI=1S/C19H24N6O2S/c1-14-18-11-15(12-21-19(18)23(2)22-14)13-24-7-9-25(10-8-24)16-3-5-17(6-4-16)28(20,26)27/h3-6,11-12H,7-10,13H2,1-2H3,(H2,20,26,27). The van der Waals surface area contributed by atoms with Gasteiger partial charge in [0.15, 0.2) is 5.65 Å². The maximum Gasteiger partial charge on any atom is 0.238 e. The van der Waals surface area contributed by atoms with Crippen LogP contribution < -0.4 is 10.0 Å². The molecule has 1 aliphatic heterocycles. The zero-order valence-electron chi connectivity index (χ0n) is 16.0. The average Bonchev–Trinajstić information content (AvgIpc) is 2.95. The summed E-state index contributed by atoms with van der Waals surface area (Å²) in [6.45, 7) is 6.50. The molecule has 1 aliphatic rings. The molecule has 0 radical (unpaired) electrons. The number of nitrogens with zero attached hydrogens (tertiary/aromatic N) is 5. The van der Waals surface area contributed by atoms with Crippen LogP contribution in [0.2, 0.25) is 0 Å². The molecule has 9 heteroatoms. The Hall–Kier alpha value is -2.49. The van der Waals surface area contributed by atoms with Gasteiger partial charge in [0.1, 0.15) is 0 Å². The third-order valence-electron chi connectivity index (χ3n) is 5.23. The summed E-state index contributed by atoms with van der Waals surface area (Å²) in [5.74, 6) is 0. The van der Waals surface area contributed by atoms with Crippen molar-refractivity contribution >= 4 is 26.7 Å². The number of hydrogen-bond donors (Lipinski definition) is 1. The molecule has 0 aliphatic carbocycles. The van der Waals surface area contributed by atoms with Gasteiger partial charge in [-0.25, -0.2) is 18.5 Å². The Bertz CT molecular complexity index is 1100. The minimum atomic E-state index is -3.65. The van der Waals surface area contributed by atoms with Crippen molar-refractivity contribution in [2.24, 2.45) is 12.2 Å². The number of nitrogens with two attached hydrogens (primary N) is 1. The Kier molecular flexibility index (Phi) is 4.82. The first-order valence-corrected chi connectivity index (χ1v) is 10.7. The van der Waals surface area contributed by atoms with Crippen molar-refractivity contribution < 1.29 is 8.42 Å². The molecule has 3 aromatic rings. The molecule has 1 saturated heterocycles. The largest absolute Gasteiger partial charge is 0.369 e. The fraction of sp³-hybridized carbons (Fsp3) is 0.368. The zero-order valence-corrected chi connectivity index (χ0v) is 16.9. The van der Waals surface area contributed by atoms with Crippen LogP contribution in [0, 0.1) is 6.92 Å². The van der Waals surface area contributed by atoms with Gasteiger partial charge in [-0.2, -0.15) is 5.10 Å². The highest BCUT2D eigenvalue weighted by molar-refractivity contribution is 7.89. The third-order valence-corrected chi connectivity index (χ3v) is 6.16. The highest BCUT2D eigenvalue weighted by atomic mass is 32.2. The summed E-state index contributed by atoms with van der Waals surface area (Å²) in [6.07, 6.45) is 1.93. The van der Waals surface area contributed by atoms with E-state index in [4.69, 9.17) is 5.14 Å². The van der Waals surface area contributed by atoms with Crippen molar-refractivity contribution in [3.8, 4) is 0 Å². The molecule has 0 spiro atoms. The highest BCUT2D eigenvalue weighted by Crippen LogP contribution is 2.21. The molecule has 0 saturated carbocycles. The van der Waals surface area contributed by atoms with Crippen molar-refractivity contribution in [2.75, 3.05) is 31.1 Å². The molecule has 1 fully saturated rings. The lowest BCUT2D eigenvalue weighted by molar-refractivity contribution is 0.249. The van der Waals surface area contributed by atoms with Gasteiger partial charge in [-0.1, -0.05) is 0 Å². The zero-order chi connectivity index (χ0) is 19.9. The summed E-state index contributed by atoms with van der Waals surface area (Å²) >= 11 is 0. The lowest BCUT2D eigenvalue weighted by Crippen LogP contribution is -2.46. The molecule has 2 N–H and O–H groups in total. The second-order valence-electron chi connectivity index (χ2n) is 7.23. The van der Waals surface area contributed by atoms with Crippen molar-refractivity contribution in [2.45, 2.75) is 18.4 Å². The molecule has 148 valence electrons. The van der Waals surface area contributed by atoms with E-state index in [2.05, 4.69) is 25.9 Å². The van der Waals surface area contributed by atoms with E-state index in [0.29, 0.717) is 0 Å². The van der Waals surface area contributed by atoms with Crippen molar-refractivity contribution in [3.05, 3.63) is 47.8 Å². The first-order valence-electron chi connectivity index (χ1n) is 9.20. The normalized spacial score (nSPS) is 16.0. The van der Waals surface area contributed by atoms with Gasteiger partial charge in [0, 0.05) is 57.0 Å². The van der Waals surface area contributed by atoms with E-state index in [1.807, 2.05) is 37.0 Å². The van der Waals surface area contributed by atoms with E-state index >= 15 is 0 Å². The van der Waals surface area contributed by atoms with Crippen molar-refractivity contribution in [3.63, 3.8) is 0 Å². The Labute approximate surface area is 164 Å². The third kappa shape index (κ3) is 3.73. The number of aromatic nitrogens is 3. The molecule has 3 heterocycles. The minimum absolute atomic E-state index is 0.142. The molecule has 2 aromatic heterocycles. The maximum absolute atomic E-state index is 11.4. The average molecular weight is 401 g/mol. The smallest absolute Gasteiger partial charge is 0.238 e. The number of aryl methyl sites for hydroxylation is 2. The van der Waals surface area contributed by atoms with E-state index in [-0.39, 0.29) is 4.90 Å². The van der Waals surface area contributed by atoms with E-state index in [1.165, 1.54) is 5.56 Å². The number of piperazine rings is 1. The van der Waals surface area contributed by atoms with Gasteiger partial charge in [0.05, 0.1) is 10.6 Å². The lowest BCUT2D eigenvalue weighted by Gasteiger charge is -2.36. The summed E-state index contributed by atoms with van der Waals surface area (Å²) in [5.41, 5.74) is 4.12. The first-order chi connectivity index (χ1) is 13.3. The number of benzene rings is 1. The monoisotopic (exact) mass is 400 g/mol. The number of pyridine rings is 1. The quantitative estimate of drug-likeness (QED) is 0.708. The molecule has 8 nitrogen and oxygen atoms in total. The lowest BCUT2D eigenvalue weighted by atomic mass is 10.2. The second kappa shape index (κ2) is 7.16. The summed E-state index contributed by atoms with van der Waals surface area (Å²) in [6, 6.07) is 8.95. The Morgan fingerprint density at radius 1 is 1.11 bits per heavy atom. The first kappa shape index (κ1) is 18.9. The molecule has 1 aromatic carbocycles. The number of fused-ring (bicyclic) bond motifs is 1. The highest BCUT2D eigenvalue weighted by Gasteiger charge is 2.18. The molecule has 0 atom stereocenters. The number of hydrogen-bond acceptors (Lipinski definition) is 6. The van der Waals surface area contributed by atoms with Gasteiger partial charge in [-0.3, -0.25) is 9.58 Å². The topological polar surface area (TPSA) is 97.3 Å². The van der Waals surface area contributed by atoms with Crippen LogP contribution in [0.5, 0.6) is 0 Å². The molecule has 28 heavy (non-hydrogen) atoms. The number of rotatable bonds is 4. The van der Waals surface area contributed by atoms with E-state index in [9.17, 15) is 8.42 Å². The molecule has 0 bridgehead atoms. The SMILES string of the molecule is Cc1nn(C)c2ncc(CN3CCN(c4ccc(S(N)(=O)=O)cc4)CC3)cc12. The van der Waals surface area contributed by atoms with Crippen LogP contribution in [0.1, 0.15) is 11.3 Å². The molecule has 0 unspecified atom stereocenters. The fourth-order valence-corrected chi connectivity index (χ4v) is 4.22. The van der Waals surface area contributed by atoms with Gasteiger partial charge in [-0.05, 0) is 42.8 Å². The van der Waals surface area contributed by atoms with Crippen LogP contribution in [-0.4, -0.2) is 54.3 Å². The predicted molar refractivity (Wildman–Crippen MR) is 109 cm³/mol. The summed E-state index contributed by atoms with van der Waals surface area (Å²) < 4.78 is 24.6. The van der Waals surface area contributed by atoms with Gasteiger partial charge in [-0.15, -0.1) is 0 Å².